The summed E-state index contributed by atoms with van der Waals surface area (Å²) in [5.74, 6) is 0. The van der Waals surface area contributed by atoms with Gasteiger partial charge in [0, 0.05) is 27.4 Å². The van der Waals surface area contributed by atoms with Crippen LogP contribution in [0.25, 0.3) is 0 Å². The van der Waals surface area contributed by atoms with Crippen LogP contribution in [-0.2, 0) is 18.1 Å². The van der Waals surface area contributed by atoms with Crippen LogP contribution < -0.4 is 0 Å². The van der Waals surface area contributed by atoms with E-state index in [0.717, 1.165) is 25.3 Å². The highest BCUT2D eigenvalue weighted by molar-refractivity contribution is 6.60. The Bertz CT molecular complexity index is 194. The normalized spacial score (nSPS) is 11.1. The molecule has 0 aliphatic rings. The highest BCUT2D eigenvalue weighted by Crippen LogP contribution is 2.16. The minimum absolute atomic E-state index is 0.547. The van der Waals surface area contributed by atoms with Gasteiger partial charge >= 0.3 is 8.80 Å². The molecule has 0 saturated heterocycles. The second-order valence-electron chi connectivity index (χ2n) is 3.08. The fourth-order valence-electron chi connectivity index (χ4n) is 1.31. The van der Waals surface area contributed by atoms with Crippen molar-refractivity contribution in [1.29, 1.82) is 0 Å². The minimum atomic E-state index is -2.39. The third kappa shape index (κ3) is 5.81. The van der Waals surface area contributed by atoms with Gasteiger partial charge in [-0.3, -0.25) is 0 Å². The average molecular weight is 233 g/mol. The summed E-state index contributed by atoms with van der Waals surface area (Å²) in [6.45, 7) is 0.547. The molecule has 0 aliphatic heterocycles. The minimum Gasteiger partial charge on any atom is -0.377 e. The third-order valence-electron chi connectivity index (χ3n) is 2.25. The van der Waals surface area contributed by atoms with Crippen molar-refractivity contribution in [3.63, 3.8) is 0 Å². The van der Waals surface area contributed by atoms with E-state index in [9.17, 15) is 4.79 Å². The second kappa shape index (κ2) is 8.76. The maximum Gasteiger partial charge on any atom is 0.500 e. The van der Waals surface area contributed by atoms with Crippen LogP contribution in [0.2, 0.25) is 6.04 Å². The van der Waals surface area contributed by atoms with Crippen LogP contribution in [0.15, 0.2) is 4.99 Å². The highest BCUT2D eigenvalue weighted by Gasteiger charge is 2.36. The number of nitrogens with zero attached hydrogens (tertiary/aromatic N) is 1. The Hall–Kier alpha value is -0.523. The van der Waals surface area contributed by atoms with Crippen molar-refractivity contribution in [3.05, 3.63) is 0 Å². The molecular weight excluding hydrogens is 214 g/mol. The summed E-state index contributed by atoms with van der Waals surface area (Å²) in [5, 5.41) is 0. The van der Waals surface area contributed by atoms with Gasteiger partial charge in [-0.1, -0.05) is 6.42 Å². The van der Waals surface area contributed by atoms with Gasteiger partial charge in [0.2, 0.25) is 6.08 Å². The zero-order valence-corrected chi connectivity index (χ0v) is 10.6. The first-order valence-electron chi connectivity index (χ1n) is 4.93. The van der Waals surface area contributed by atoms with E-state index in [1.54, 1.807) is 21.3 Å². The summed E-state index contributed by atoms with van der Waals surface area (Å²) in [5.41, 5.74) is 0. The van der Waals surface area contributed by atoms with Crippen LogP contribution in [0.3, 0.4) is 0 Å². The molecular formula is C9H19NO4Si. The molecule has 6 heteroatoms. The summed E-state index contributed by atoms with van der Waals surface area (Å²) >= 11 is 0. The molecule has 0 fully saturated rings. The molecule has 0 N–H and O–H groups in total. The van der Waals surface area contributed by atoms with Crippen molar-refractivity contribution < 1.29 is 18.1 Å². The lowest BCUT2D eigenvalue weighted by Crippen LogP contribution is -2.42. The van der Waals surface area contributed by atoms with Crippen molar-refractivity contribution in [1.82, 2.24) is 0 Å². The van der Waals surface area contributed by atoms with Gasteiger partial charge in [0.05, 0.1) is 6.54 Å². The second-order valence-corrected chi connectivity index (χ2v) is 6.17. The molecule has 0 bridgehead atoms. The van der Waals surface area contributed by atoms with Crippen molar-refractivity contribution in [2.24, 2.45) is 4.99 Å². The lowest BCUT2D eigenvalue weighted by atomic mass is 10.2. The molecule has 15 heavy (non-hydrogen) atoms. The Morgan fingerprint density at radius 2 is 1.67 bits per heavy atom. The molecule has 0 aromatic rings. The van der Waals surface area contributed by atoms with E-state index in [-0.39, 0.29) is 0 Å². The predicted molar refractivity (Wildman–Crippen MR) is 58.4 cm³/mol. The number of isocyanates is 1. The molecule has 0 aromatic heterocycles. The van der Waals surface area contributed by atoms with E-state index >= 15 is 0 Å². The lowest BCUT2D eigenvalue weighted by Gasteiger charge is -2.24. The van der Waals surface area contributed by atoms with Gasteiger partial charge in [-0.15, -0.1) is 0 Å². The SMILES string of the molecule is CO[Si](CCCCCN=C=O)(OC)OC. The third-order valence-corrected chi connectivity index (χ3v) is 5.08. The largest absolute Gasteiger partial charge is 0.500 e. The van der Waals surface area contributed by atoms with Crippen LogP contribution in [-0.4, -0.2) is 42.8 Å². The van der Waals surface area contributed by atoms with E-state index in [2.05, 4.69) is 4.99 Å². The van der Waals surface area contributed by atoms with Gasteiger partial charge in [0.25, 0.3) is 0 Å². The van der Waals surface area contributed by atoms with E-state index in [1.165, 1.54) is 6.08 Å². The van der Waals surface area contributed by atoms with Crippen LogP contribution in [0.5, 0.6) is 0 Å². The van der Waals surface area contributed by atoms with Crippen LogP contribution in [0.4, 0.5) is 0 Å². The molecule has 0 saturated carbocycles. The Labute approximate surface area is 91.8 Å². The molecule has 0 heterocycles. The molecule has 0 aromatic carbocycles. The molecule has 0 radical (unpaired) electrons. The van der Waals surface area contributed by atoms with E-state index in [1.807, 2.05) is 0 Å². The van der Waals surface area contributed by atoms with Gasteiger partial charge in [0.1, 0.15) is 0 Å². The average Bonchev–Trinajstić information content (AvgIpc) is 2.29. The smallest absolute Gasteiger partial charge is 0.377 e. The molecule has 0 amide bonds. The van der Waals surface area contributed by atoms with Crippen molar-refractivity contribution in [2.75, 3.05) is 27.9 Å². The Kier molecular flexibility index (Phi) is 8.45. The van der Waals surface area contributed by atoms with Gasteiger partial charge in [-0.2, -0.15) is 0 Å². The Balaban J connectivity index is 3.66. The summed E-state index contributed by atoms with van der Waals surface area (Å²) < 4.78 is 15.8. The van der Waals surface area contributed by atoms with E-state index < -0.39 is 8.80 Å². The predicted octanol–water partition coefficient (Wildman–Crippen LogP) is 1.37. The van der Waals surface area contributed by atoms with Gasteiger partial charge < -0.3 is 13.3 Å². The zero-order valence-electron chi connectivity index (χ0n) is 9.62. The summed E-state index contributed by atoms with van der Waals surface area (Å²) in [6.07, 6.45) is 4.34. The van der Waals surface area contributed by atoms with Crippen molar-refractivity contribution in [3.8, 4) is 0 Å². The zero-order chi connectivity index (χ0) is 11.6. The maximum absolute atomic E-state index is 9.79. The summed E-state index contributed by atoms with van der Waals surface area (Å²) in [7, 11) is 2.43. The van der Waals surface area contributed by atoms with Crippen LogP contribution in [0, 0.1) is 0 Å². The first kappa shape index (κ1) is 14.5. The molecule has 88 valence electrons. The Morgan fingerprint density at radius 1 is 1.07 bits per heavy atom. The Morgan fingerprint density at radius 3 is 2.13 bits per heavy atom. The van der Waals surface area contributed by atoms with E-state index in [0.29, 0.717) is 6.54 Å². The van der Waals surface area contributed by atoms with Crippen molar-refractivity contribution >= 4 is 14.9 Å². The van der Waals surface area contributed by atoms with Crippen LogP contribution in [0.1, 0.15) is 19.3 Å². The first-order valence-corrected chi connectivity index (χ1v) is 6.87. The summed E-state index contributed by atoms with van der Waals surface area (Å²) in [4.78, 5) is 13.3. The quantitative estimate of drug-likeness (QED) is 0.261. The molecule has 0 rings (SSSR count). The lowest BCUT2D eigenvalue weighted by molar-refractivity contribution is 0.122. The van der Waals surface area contributed by atoms with E-state index in [4.69, 9.17) is 13.3 Å². The monoisotopic (exact) mass is 233 g/mol. The summed E-state index contributed by atoms with van der Waals surface area (Å²) in [6, 6.07) is 0.793. The first-order chi connectivity index (χ1) is 7.24. The topological polar surface area (TPSA) is 57.1 Å². The number of rotatable bonds is 9. The molecule has 0 unspecified atom stereocenters. The number of hydrogen-bond acceptors (Lipinski definition) is 5. The fraction of sp³-hybridized carbons (Fsp3) is 0.889. The number of aliphatic imine (C=N–C) groups is 1. The number of unbranched alkanes of at least 4 members (excludes halogenated alkanes) is 2. The van der Waals surface area contributed by atoms with Gasteiger partial charge in [0.15, 0.2) is 0 Å². The van der Waals surface area contributed by atoms with Crippen LogP contribution >= 0.6 is 0 Å². The van der Waals surface area contributed by atoms with Gasteiger partial charge in [-0.25, -0.2) is 9.79 Å². The maximum atomic E-state index is 9.79. The number of hydrogen-bond donors (Lipinski definition) is 0. The van der Waals surface area contributed by atoms with Gasteiger partial charge in [-0.05, 0) is 12.8 Å². The number of carbonyl (C=O) groups excluding carboxylic acids is 1. The molecule has 0 spiro atoms. The molecule has 0 aliphatic carbocycles. The molecule has 5 nitrogen and oxygen atoms in total. The fourth-order valence-corrected chi connectivity index (χ4v) is 3.11. The highest BCUT2D eigenvalue weighted by atomic mass is 28.4. The van der Waals surface area contributed by atoms with Crippen molar-refractivity contribution in [2.45, 2.75) is 25.3 Å². The standard InChI is InChI=1S/C9H19NO4Si/c1-12-15(13-2,14-3)8-6-4-5-7-10-9-11/h4-8H2,1-3H3. The molecule has 0 atom stereocenters.